The first-order valence-corrected chi connectivity index (χ1v) is 6.20. The van der Waals surface area contributed by atoms with E-state index in [9.17, 15) is 14.5 Å². The van der Waals surface area contributed by atoms with E-state index < -0.39 is 10.7 Å². The first-order chi connectivity index (χ1) is 10.0. The molecule has 1 aromatic carbocycles. The molecule has 1 N–H and O–H groups in total. The van der Waals surface area contributed by atoms with Crippen molar-refractivity contribution in [3.05, 3.63) is 46.0 Å². The van der Waals surface area contributed by atoms with Crippen LogP contribution in [0.1, 0.15) is 12.5 Å². The largest absolute Gasteiger partial charge is 0.433 e. The molecule has 1 heterocycles. The first kappa shape index (κ1) is 14.6. The van der Waals surface area contributed by atoms with Gasteiger partial charge in [-0.3, -0.25) is 10.1 Å². The monoisotopic (exact) mass is 292 g/mol. The van der Waals surface area contributed by atoms with Crippen LogP contribution in [-0.4, -0.2) is 21.4 Å². The summed E-state index contributed by atoms with van der Waals surface area (Å²) in [6.07, 6.45) is 1.14. The van der Waals surface area contributed by atoms with Gasteiger partial charge < -0.3 is 10.1 Å². The molecule has 2 rings (SSSR count). The zero-order chi connectivity index (χ0) is 15.4. The zero-order valence-corrected chi connectivity index (χ0v) is 11.5. The Balaban J connectivity index is 2.41. The molecule has 0 radical (unpaired) electrons. The number of halogens is 1. The first-order valence-electron chi connectivity index (χ1n) is 6.20. The lowest BCUT2D eigenvalue weighted by Crippen LogP contribution is -2.06. The van der Waals surface area contributed by atoms with Gasteiger partial charge in [-0.05, 0) is 25.5 Å². The van der Waals surface area contributed by atoms with Crippen LogP contribution in [0.4, 0.5) is 15.9 Å². The minimum atomic E-state index is -0.641. The molecule has 0 saturated heterocycles. The lowest BCUT2D eigenvalue weighted by Gasteiger charge is -2.08. The molecule has 110 valence electrons. The Kier molecular flexibility index (Phi) is 4.27. The zero-order valence-electron chi connectivity index (χ0n) is 11.5. The van der Waals surface area contributed by atoms with E-state index >= 15 is 0 Å². The minimum absolute atomic E-state index is 0.0556. The molecule has 0 spiro atoms. The average Bonchev–Trinajstić information content (AvgIpc) is 2.43. The van der Waals surface area contributed by atoms with Gasteiger partial charge in [-0.1, -0.05) is 6.07 Å². The minimum Gasteiger partial charge on any atom is -0.433 e. The van der Waals surface area contributed by atoms with E-state index in [0.29, 0.717) is 12.1 Å². The van der Waals surface area contributed by atoms with Gasteiger partial charge >= 0.3 is 11.6 Å². The van der Waals surface area contributed by atoms with Crippen LogP contribution in [-0.2, 0) is 0 Å². The third-order valence-electron chi connectivity index (χ3n) is 2.67. The molecule has 0 saturated carbocycles. The van der Waals surface area contributed by atoms with E-state index in [1.807, 2.05) is 0 Å². The van der Waals surface area contributed by atoms with Gasteiger partial charge in [-0.25, -0.2) is 9.37 Å². The number of anilines is 1. The predicted molar refractivity (Wildman–Crippen MR) is 74.1 cm³/mol. The number of aryl methyl sites for hydroxylation is 1. The number of nitro groups is 1. The van der Waals surface area contributed by atoms with Crippen molar-refractivity contribution in [3.8, 4) is 11.6 Å². The van der Waals surface area contributed by atoms with E-state index in [1.54, 1.807) is 13.8 Å². The number of rotatable bonds is 5. The molecule has 8 heteroatoms. The van der Waals surface area contributed by atoms with Crippen LogP contribution in [0, 0.1) is 22.9 Å². The highest BCUT2D eigenvalue weighted by molar-refractivity contribution is 5.61. The van der Waals surface area contributed by atoms with Gasteiger partial charge in [0.05, 0.1) is 4.92 Å². The maximum Gasteiger partial charge on any atom is 0.373 e. The number of nitrogens with one attached hydrogen (secondary N) is 1. The Morgan fingerprint density at radius 3 is 2.81 bits per heavy atom. The summed E-state index contributed by atoms with van der Waals surface area (Å²) in [5, 5.41) is 13.9. The molecule has 1 aromatic heterocycles. The van der Waals surface area contributed by atoms with E-state index in [1.165, 1.54) is 12.1 Å². The molecule has 0 aliphatic heterocycles. The number of benzene rings is 1. The van der Waals surface area contributed by atoms with Gasteiger partial charge in [0.2, 0.25) is 5.82 Å². The molecule has 21 heavy (non-hydrogen) atoms. The lowest BCUT2D eigenvalue weighted by atomic mass is 10.2. The number of hydrogen-bond acceptors (Lipinski definition) is 6. The summed E-state index contributed by atoms with van der Waals surface area (Å²) in [6, 6.07) is 4.17. The Hall–Kier alpha value is -2.77. The van der Waals surface area contributed by atoms with Crippen molar-refractivity contribution < 1.29 is 14.1 Å². The van der Waals surface area contributed by atoms with Crippen LogP contribution in [0.5, 0.6) is 11.6 Å². The van der Waals surface area contributed by atoms with Gasteiger partial charge in [-0.15, -0.1) is 0 Å². The van der Waals surface area contributed by atoms with Crippen LogP contribution < -0.4 is 10.1 Å². The van der Waals surface area contributed by atoms with E-state index in [0.717, 1.165) is 12.4 Å². The SMILES string of the molecule is CCNc1ncnc(Oc2ccc(C)c(F)c2)c1[N+](=O)[O-]. The third kappa shape index (κ3) is 3.22. The van der Waals surface area contributed by atoms with Gasteiger partial charge in [0.25, 0.3) is 0 Å². The summed E-state index contributed by atoms with van der Waals surface area (Å²) < 4.78 is 18.8. The highest BCUT2D eigenvalue weighted by Crippen LogP contribution is 2.34. The van der Waals surface area contributed by atoms with Crippen molar-refractivity contribution in [2.75, 3.05) is 11.9 Å². The summed E-state index contributed by atoms with van der Waals surface area (Å²) in [4.78, 5) is 18.1. The van der Waals surface area contributed by atoms with Crippen LogP contribution in [0.2, 0.25) is 0 Å². The standard InChI is InChI=1S/C13H13FN4O3/c1-3-15-12-11(18(19)20)13(17-7-16-12)21-9-5-4-8(2)10(14)6-9/h4-7H,3H2,1-2H3,(H,15,16,17). The van der Waals surface area contributed by atoms with E-state index in [2.05, 4.69) is 15.3 Å². The topological polar surface area (TPSA) is 90.2 Å². The summed E-state index contributed by atoms with van der Waals surface area (Å²) in [5.74, 6) is -0.521. The highest BCUT2D eigenvalue weighted by atomic mass is 19.1. The normalized spacial score (nSPS) is 10.2. The molecule has 0 aliphatic carbocycles. The Labute approximate surface area is 120 Å². The van der Waals surface area contributed by atoms with Gasteiger partial charge in [0.1, 0.15) is 17.9 Å². The number of aromatic nitrogens is 2. The molecule has 0 amide bonds. The number of nitrogens with zero attached hydrogens (tertiary/aromatic N) is 3. The van der Waals surface area contributed by atoms with Crippen molar-refractivity contribution in [3.63, 3.8) is 0 Å². The summed E-state index contributed by atoms with van der Waals surface area (Å²) in [5.41, 5.74) is 0.0632. The number of hydrogen-bond donors (Lipinski definition) is 1. The third-order valence-corrected chi connectivity index (χ3v) is 2.67. The second kappa shape index (κ2) is 6.12. The quantitative estimate of drug-likeness (QED) is 0.672. The van der Waals surface area contributed by atoms with Crippen LogP contribution in [0.3, 0.4) is 0 Å². The van der Waals surface area contributed by atoms with Gasteiger partial charge in [0, 0.05) is 12.6 Å². The van der Waals surface area contributed by atoms with Crippen molar-refractivity contribution >= 4 is 11.5 Å². The maximum absolute atomic E-state index is 13.5. The Morgan fingerprint density at radius 2 is 2.19 bits per heavy atom. The Bertz CT molecular complexity index is 678. The molecule has 0 bridgehead atoms. The van der Waals surface area contributed by atoms with Crippen LogP contribution in [0.25, 0.3) is 0 Å². The van der Waals surface area contributed by atoms with Gasteiger partial charge in [-0.2, -0.15) is 4.98 Å². The fraction of sp³-hybridized carbons (Fsp3) is 0.231. The summed E-state index contributed by atoms with van der Waals surface area (Å²) in [6.45, 7) is 3.84. The average molecular weight is 292 g/mol. The summed E-state index contributed by atoms with van der Waals surface area (Å²) >= 11 is 0. The van der Waals surface area contributed by atoms with Crippen molar-refractivity contribution in [1.29, 1.82) is 0 Å². The lowest BCUT2D eigenvalue weighted by molar-refractivity contribution is -0.385. The second-order valence-corrected chi connectivity index (χ2v) is 4.18. The van der Waals surface area contributed by atoms with Crippen molar-refractivity contribution in [2.24, 2.45) is 0 Å². The summed E-state index contributed by atoms with van der Waals surface area (Å²) in [7, 11) is 0. The van der Waals surface area contributed by atoms with Crippen molar-refractivity contribution in [1.82, 2.24) is 9.97 Å². The van der Waals surface area contributed by atoms with Crippen LogP contribution in [0.15, 0.2) is 24.5 Å². The fourth-order valence-electron chi connectivity index (χ4n) is 1.65. The smallest absolute Gasteiger partial charge is 0.373 e. The molecule has 2 aromatic rings. The molecule has 0 atom stereocenters. The number of ether oxygens (including phenoxy) is 1. The second-order valence-electron chi connectivity index (χ2n) is 4.18. The molecular weight excluding hydrogens is 279 g/mol. The predicted octanol–water partition coefficient (Wildman–Crippen LogP) is 3.06. The maximum atomic E-state index is 13.5. The fourth-order valence-corrected chi connectivity index (χ4v) is 1.65. The van der Waals surface area contributed by atoms with E-state index in [-0.39, 0.29) is 23.1 Å². The van der Waals surface area contributed by atoms with Crippen LogP contribution >= 0.6 is 0 Å². The van der Waals surface area contributed by atoms with E-state index in [4.69, 9.17) is 4.74 Å². The molecule has 0 aliphatic rings. The van der Waals surface area contributed by atoms with Crippen molar-refractivity contribution in [2.45, 2.75) is 13.8 Å². The Morgan fingerprint density at radius 1 is 1.43 bits per heavy atom. The molecule has 7 nitrogen and oxygen atoms in total. The molecule has 0 unspecified atom stereocenters. The molecule has 0 fully saturated rings. The van der Waals surface area contributed by atoms with Gasteiger partial charge in [0.15, 0.2) is 0 Å². The highest BCUT2D eigenvalue weighted by Gasteiger charge is 2.24. The molecular formula is C13H13FN4O3.